The van der Waals surface area contributed by atoms with Crippen LogP contribution in [-0.4, -0.2) is 40.1 Å². The van der Waals surface area contributed by atoms with Crippen LogP contribution in [0.4, 0.5) is 5.69 Å². The first-order valence-electron chi connectivity index (χ1n) is 9.50. The van der Waals surface area contributed by atoms with Crippen molar-refractivity contribution in [3.8, 4) is 5.69 Å². The molecule has 0 radical (unpaired) electrons. The molecule has 1 N–H and O–H groups in total. The lowest BCUT2D eigenvalue weighted by molar-refractivity contribution is -0.116. The van der Waals surface area contributed by atoms with Crippen molar-refractivity contribution in [1.82, 2.24) is 14.7 Å². The van der Waals surface area contributed by atoms with Gasteiger partial charge in [-0.05, 0) is 43.5 Å². The number of aromatic nitrogens is 2. The Morgan fingerprint density at radius 3 is 2.59 bits per heavy atom. The molecule has 1 aliphatic rings. The van der Waals surface area contributed by atoms with Crippen LogP contribution in [0.5, 0.6) is 0 Å². The standard InChI is InChI=1S/C22H21ClN4O2/c1-26(14-20(28)24-18-12-6-5-11-17(18)23)22(29)21-16-10-7-13-19(16)27(25-21)15-8-3-2-4-9-15/h2-6,8-9,11-12H,7,10,13-14H2,1H3,(H,24,28). The summed E-state index contributed by atoms with van der Waals surface area (Å²) in [5, 5.41) is 7.79. The van der Waals surface area contributed by atoms with E-state index in [-0.39, 0.29) is 18.4 Å². The minimum atomic E-state index is -0.312. The van der Waals surface area contributed by atoms with E-state index in [1.54, 1.807) is 31.3 Å². The average Bonchev–Trinajstić information content (AvgIpc) is 3.32. The Kier molecular flexibility index (Phi) is 5.36. The van der Waals surface area contributed by atoms with Crippen LogP contribution in [0.1, 0.15) is 28.2 Å². The van der Waals surface area contributed by atoms with Crippen LogP contribution < -0.4 is 5.32 Å². The highest BCUT2D eigenvalue weighted by atomic mass is 35.5. The van der Waals surface area contributed by atoms with Crippen molar-refractivity contribution in [1.29, 1.82) is 0 Å². The number of halogens is 1. The SMILES string of the molecule is CN(CC(=O)Nc1ccccc1Cl)C(=O)c1nn(-c2ccccc2)c2c1CCC2. The van der Waals surface area contributed by atoms with Crippen molar-refractivity contribution >= 4 is 29.1 Å². The fraction of sp³-hybridized carbons (Fsp3) is 0.227. The van der Waals surface area contributed by atoms with Gasteiger partial charge in [0, 0.05) is 18.3 Å². The lowest BCUT2D eigenvalue weighted by atomic mass is 10.2. The van der Waals surface area contributed by atoms with Gasteiger partial charge in [-0.1, -0.05) is 41.9 Å². The van der Waals surface area contributed by atoms with E-state index in [1.165, 1.54) is 4.90 Å². The molecule has 1 aliphatic carbocycles. The Hall–Kier alpha value is -3.12. The monoisotopic (exact) mass is 408 g/mol. The Morgan fingerprint density at radius 1 is 1.10 bits per heavy atom. The van der Waals surface area contributed by atoms with Crippen LogP contribution >= 0.6 is 11.6 Å². The zero-order valence-electron chi connectivity index (χ0n) is 16.1. The number of nitrogens with zero attached hydrogens (tertiary/aromatic N) is 3. The number of rotatable bonds is 5. The van der Waals surface area contributed by atoms with Gasteiger partial charge >= 0.3 is 0 Å². The molecule has 4 rings (SSSR count). The number of anilines is 1. The summed E-state index contributed by atoms with van der Waals surface area (Å²) in [5.74, 6) is -0.569. The number of hydrogen-bond donors (Lipinski definition) is 1. The number of nitrogens with one attached hydrogen (secondary N) is 1. The molecule has 6 nitrogen and oxygen atoms in total. The molecule has 0 bridgehead atoms. The molecule has 1 heterocycles. The minimum Gasteiger partial charge on any atom is -0.331 e. The molecule has 2 amide bonds. The second-order valence-electron chi connectivity index (χ2n) is 7.06. The van der Waals surface area contributed by atoms with Crippen LogP contribution in [0.25, 0.3) is 5.69 Å². The molecule has 0 aliphatic heterocycles. The molecule has 148 valence electrons. The summed E-state index contributed by atoms with van der Waals surface area (Å²) in [5.41, 5.74) is 3.94. The highest BCUT2D eigenvalue weighted by Gasteiger charge is 2.29. The Balaban J connectivity index is 1.52. The smallest absolute Gasteiger partial charge is 0.274 e. The van der Waals surface area contributed by atoms with E-state index >= 15 is 0 Å². The van der Waals surface area contributed by atoms with E-state index in [0.29, 0.717) is 16.4 Å². The third-order valence-electron chi connectivity index (χ3n) is 5.01. The lowest BCUT2D eigenvalue weighted by Crippen LogP contribution is -2.35. The fourth-order valence-electron chi connectivity index (χ4n) is 3.61. The van der Waals surface area contributed by atoms with Gasteiger partial charge in [0.15, 0.2) is 5.69 Å². The highest BCUT2D eigenvalue weighted by molar-refractivity contribution is 6.33. The maximum atomic E-state index is 13.0. The quantitative estimate of drug-likeness (QED) is 0.699. The van der Waals surface area contributed by atoms with Gasteiger partial charge in [0.2, 0.25) is 5.91 Å². The number of fused-ring (bicyclic) bond motifs is 1. The van der Waals surface area contributed by atoms with Gasteiger partial charge in [-0.3, -0.25) is 9.59 Å². The van der Waals surface area contributed by atoms with Crippen molar-refractivity contribution in [3.63, 3.8) is 0 Å². The van der Waals surface area contributed by atoms with Crippen LogP contribution in [0.2, 0.25) is 5.02 Å². The molecule has 7 heteroatoms. The summed E-state index contributed by atoms with van der Waals surface area (Å²) >= 11 is 6.08. The van der Waals surface area contributed by atoms with Gasteiger partial charge in [0.1, 0.15) is 0 Å². The van der Waals surface area contributed by atoms with Crippen molar-refractivity contribution in [3.05, 3.63) is 76.6 Å². The van der Waals surface area contributed by atoms with Gasteiger partial charge in [-0.25, -0.2) is 4.68 Å². The molecule has 3 aromatic rings. The van der Waals surface area contributed by atoms with E-state index in [1.807, 2.05) is 35.0 Å². The normalized spacial score (nSPS) is 12.5. The molecule has 2 aromatic carbocycles. The summed E-state index contributed by atoms with van der Waals surface area (Å²) in [4.78, 5) is 26.8. The zero-order chi connectivity index (χ0) is 20.4. The molecule has 1 aromatic heterocycles. The maximum Gasteiger partial charge on any atom is 0.274 e. The van der Waals surface area contributed by atoms with E-state index in [2.05, 4.69) is 10.4 Å². The number of amides is 2. The molecule has 0 atom stereocenters. The van der Waals surface area contributed by atoms with E-state index < -0.39 is 0 Å². The minimum absolute atomic E-state index is 0.0863. The number of benzene rings is 2. The molecular weight excluding hydrogens is 388 g/mol. The summed E-state index contributed by atoms with van der Waals surface area (Å²) in [7, 11) is 1.61. The molecule has 0 unspecified atom stereocenters. The maximum absolute atomic E-state index is 13.0. The van der Waals surface area contributed by atoms with Gasteiger partial charge in [0.25, 0.3) is 5.91 Å². The van der Waals surface area contributed by atoms with Gasteiger partial charge < -0.3 is 10.2 Å². The highest BCUT2D eigenvalue weighted by Crippen LogP contribution is 2.28. The van der Waals surface area contributed by atoms with Crippen LogP contribution in [0.15, 0.2) is 54.6 Å². The molecule has 0 saturated carbocycles. The zero-order valence-corrected chi connectivity index (χ0v) is 16.8. The lowest BCUT2D eigenvalue weighted by Gasteiger charge is -2.16. The predicted octanol–water partition coefficient (Wildman–Crippen LogP) is 3.73. The van der Waals surface area contributed by atoms with Crippen LogP contribution in [0, 0.1) is 0 Å². The molecule has 0 fully saturated rings. The predicted molar refractivity (Wildman–Crippen MR) is 113 cm³/mol. The third kappa shape index (κ3) is 3.89. The summed E-state index contributed by atoms with van der Waals surface area (Å²) in [6.07, 6.45) is 2.71. The summed E-state index contributed by atoms with van der Waals surface area (Å²) in [6, 6.07) is 16.8. The number of para-hydroxylation sites is 2. The molecule has 29 heavy (non-hydrogen) atoms. The number of likely N-dealkylation sites (N-methyl/N-ethyl adjacent to an activating group) is 1. The Bertz CT molecular complexity index is 1060. The second kappa shape index (κ2) is 8.09. The number of hydrogen-bond acceptors (Lipinski definition) is 3. The molecule has 0 spiro atoms. The second-order valence-corrected chi connectivity index (χ2v) is 7.47. The van der Waals surface area contributed by atoms with Crippen molar-refractivity contribution < 1.29 is 9.59 Å². The fourth-order valence-corrected chi connectivity index (χ4v) is 3.80. The van der Waals surface area contributed by atoms with Crippen molar-refractivity contribution in [2.24, 2.45) is 0 Å². The first-order valence-corrected chi connectivity index (χ1v) is 9.88. The Labute approximate surface area is 174 Å². The van der Waals surface area contributed by atoms with Crippen molar-refractivity contribution in [2.75, 3.05) is 18.9 Å². The first-order chi connectivity index (χ1) is 14.0. The topological polar surface area (TPSA) is 67.2 Å². The van der Waals surface area contributed by atoms with Crippen molar-refractivity contribution in [2.45, 2.75) is 19.3 Å². The van der Waals surface area contributed by atoms with Gasteiger partial charge in [0.05, 0.1) is 22.9 Å². The van der Waals surface area contributed by atoms with E-state index in [9.17, 15) is 9.59 Å². The average molecular weight is 409 g/mol. The van der Waals surface area contributed by atoms with Crippen LogP contribution in [0.3, 0.4) is 0 Å². The van der Waals surface area contributed by atoms with Gasteiger partial charge in [-0.15, -0.1) is 0 Å². The summed E-state index contributed by atoms with van der Waals surface area (Å²) in [6.45, 7) is -0.0863. The molecule has 0 saturated heterocycles. The molecular formula is C22H21ClN4O2. The number of carbonyl (C=O) groups is 2. The van der Waals surface area contributed by atoms with Gasteiger partial charge in [-0.2, -0.15) is 5.10 Å². The van der Waals surface area contributed by atoms with E-state index in [0.717, 1.165) is 36.2 Å². The Morgan fingerprint density at radius 2 is 1.83 bits per heavy atom. The van der Waals surface area contributed by atoms with Crippen LogP contribution in [-0.2, 0) is 17.6 Å². The summed E-state index contributed by atoms with van der Waals surface area (Å²) < 4.78 is 1.85. The van der Waals surface area contributed by atoms with E-state index in [4.69, 9.17) is 11.6 Å². The largest absolute Gasteiger partial charge is 0.331 e. The third-order valence-corrected chi connectivity index (χ3v) is 5.34. The first kappa shape index (κ1) is 19.2. The number of carbonyl (C=O) groups excluding carboxylic acids is 2.